The first kappa shape index (κ1) is 15.0. The molecule has 1 aromatic rings. The Labute approximate surface area is 109 Å². The van der Waals surface area contributed by atoms with Crippen LogP contribution in [0.15, 0.2) is 18.2 Å². The van der Waals surface area contributed by atoms with Gasteiger partial charge in [-0.3, -0.25) is 0 Å². The topological polar surface area (TPSA) is 69.4 Å². The van der Waals surface area contributed by atoms with E-state index in [0.717, 1.165) is 16.9 Å². The van der Waals surface area contributed by atoms with Crippen molar-refractivity contribution in [2.75, 3.05) is 19.4 Å². The molecule has 0 fully saturated rings. The molecule has 0 saturated carbocycles. The SMILES string of the molecule is COc1ccc(CS(=O)(=O)CCN)cc1C(C)C. The van der Waals surface area contributed by atoms with Crippen molar-refractivity contribution in [1.29, 1.82) is 0 Å². The van der Waals surface area contributed by atoms with Gasteiger partial charge in [-0.25, -0.2) is 8.42 Å². The molecule has 0 aromatic heterocycles. The van der Waals surface area contributed by atoms with Crippen LogP contribution >= 0.6 is 0 Å². The highest BCUT2D eigenvalue weighted by atomic mass is 32.2. The van der Waals surface area contributed by atoms with E-state index in [1.165, 1.54) is 0 Å². The molecule has 0 aliphatic rings. The Morgan fingerprint density at radius 2 is 2.00 bits per heavy atom. The fourth-order valence-electron chi connectivity index (χ4n) is 1.83. The van der Waals surface area contributed by atoms with Crippen molar-refractivity contribution in [3.8, 4) is 5.75 Å². The van der Waals surface area contributed by atoms with Crippen LogP contribution in [0.3, 0.4) is 0 Å². The third kappa shape index (κ3) is 3.99. The van der Waals surface area contributed by atoms with E-state index in [9.17, 15) is 8.42 Å². The number of benzene rings is 1. The normalized spacial score (nSPS) is 11.8. The summed E-state index contributed by atoms with van der Waals surface area (Å²) in [6, 6.07) is 5.51. The standard InChI is InChI=1S/C13H21NO3S/c1-10(2)12-8-11(4-5-13(12)17-3)9-18(15,16)7-6-14/h4-5,8,10H,6-7,9,14H2,1-3H3. The molecule has 0 unspecified atom stereocenters. The molecule has 0 radical (unpaired) electrons. The summed E-state index contributed by atoms with van der Waals surface area (Å²) in [6.07, 6.45) is 0. The van der Waals surface area contributed by atoms with Gasteiger partial charge >= 0.3 is 0 Å². The Hall–Kier alpha value is -1.07. The zero-order chi connectivity index (χ0) is 13.8. The van der Waals surface area contributed by atoms with Crippen LogP contribution in [0.25, 0.3) is 0 Å². The summed E-state index contributed by atoms with van der Waals surface area (Å²) < 4.78 is 28.7. The molecule has 0 heterocycles. The molecule has 0 aliphatic carbocycles. The molecule has 2 N–H and O–H groups in total. The Balaban J connectivity index is 3.02. The smallest absolute Gasteiger partial charge is 0.155 e. The summed E-state index contributed by atoms with van der Waals surface area (Å²) in [5.74, 6) is 1.14. The van der Waals surface area contributed by atoms with Gasteiger partial charge in [0.05, 0.1) is 18.6 Å². The Bertz CT molecular complexity index is 495. The van der Waals surface area contributed by atoms with E-state index in [-0.39, 0.29) is 24.0 Å². The number of rotatable bonds is 6. The molecule has 5 heteroatoms. The molecule has 0 amide bonds. The summed E-state index contributed by atoms with van der Waals surface area (Å²) in [7, 11) is -1.50. The fraction of sp³-hybridized carbons (Fsp3) is 0.538. The lowest BCUT2D eigenvalue weighted by atomic mass is 10.00. The minimum atomic E-state index is -3.11. The van der Waals surface area contributed by atoms with Gasteiger partial charge < -0.3 is 10.5 Å². The third-order valence-corrected chi connectivity index (χ3v) is 4.36. The van der Waals surface area contributed by atoms with Crippen molar-refractivity contribution in [2.24, 2.45) is 5.73 Å². The predicted octanol–water partition coefficient (Wildman–Crippen LogP) is 1.69. The summed E-state index contributed by atoms with van der Waals surface area (Å²) >= 11 is 0. The van der Waals surface area contributed by atoms with Gasteiger partial charge in [-0.05, 0) is 23.1 Å². The van der Waals surface area contributed by atoms with Crippen molar-refractivity contribution in [1.82, 2.24) is 0 Å². The second-order valence-electron chi connectivity index (χ2n) is 4.61. The Kier molecular flexibility index (Phi) is 5.16. The van der Waals surface area contributed by atoms with Crippen LogP contribution in [0, 0.1) is 0 Å². The first-order valence-electron chi connectivity index (χ1n) is 5.97. The summed E-state index contributed by atoms with van der Waals surface area (Å²) in [5, 5.41) is 0. The summed E-state index contributed by atoms with van der Waals surface area (Å²) in [4.78, 5) is 0. The average Bonchev–Trinajstić information content (AvgIpc) is 2.28. The van der Waals surface area contributed by atoms with Crippen LogP contribution in [0.1, 0.15) is 30.9 Å². The molecule has 0 saturated heterocycles. The molecule has 102 valence electrons. The molecular formula is C13H21NO3S. The van der Waals surface area contributed by atoms with E-state index in [4.69, 9.17) is 10.5 Å². The maximum atomic E-state index is 11.7. The van der Waals surface area contributed by atoms with Crippen LogP contribution in [-0.4, -0.2) is 27.8 Å². The van der Waals surface area contributed by atoms with E-state index in [1.54, 1.807) is 13.2 Å². The Morgan fingerprint density at radius 3 is 2.50 bits per heavy atom. The van der Waals surface area contributed by atoms with Crippen LogP contribution in [0.4, 0.5) is 0 Å². The molecule has 4 nitrogen and oxygen atoms in total. The van der Waals surface area contributed by atoms with Gasteiger partial charge in [-0.15, -0.1) is 0 Å². The third-order valence-electron chi connectivity index (χ3n) is 2.73. The van der Waals surface area contributed by atoms with E-state index in [0.29, 0.717) is 0 Å². The van der Waals surface area contributed by atoms with E-state index in [1.807, 2.05) is 12.1 Å². The van der Waals surface area contributed by atoms with Gasteiger partial charge in [0.25, 0.3) is 0 Å². The van der Waals surface area contributed by atoms with Crippen LogP contribution < -0.4 is 10.5 Å². The maximum absolute atomic E-state index is 11.7. The minimum absolute atomic E-state index is 0.0239. The first-order valence-corrected chi connectivity index (χ1v) is 7.79. The van der Waals surface area contributed by atoms with Gasteiger partial charge in [0.15, 0.2) is 9.84 Å². The largest absolute Gasteiger partial charge is 0.496 e. The molecule has 1 aromatic carbocycles. The van der Waals surface area contributed by atoms with Crippen molar-refractivity contribution in [2.45, 2.75) is 25.5 Å². The maximum Gasteiger partial charge on any atom is 0.155 e. The molecule has 0 atom stereocenters. The lowest BCUT2D eigenvalue weighted by Crippen LogP contribution is -2.17. The molecule has 0 spiro atoms. The van der Waals surface area contributed by atoms with Gasteiger partial charge in [0, 0.05) is 6.54 Å². The highest BCUT2D eigenvalue weighted by Gasteiger charge is 2.14. The van der Waals surface area contributed by atoms with E-state index >= 15 is 0 Å². The minimum Gasteiger partial charge on any atom is -0.496 e. The average molecular weight is 271 g/mol. The lowest BCUT2D eigenvalue weighted by molar-refractivity contribution is 0.407. The Morgan fingerprint density at radius 1 is 1.33 bits per heavy atom. The van der Waals surface area contributed by atoms with Gasteiger partial charge in [0.1, 0.15) is 5.75 Å². The molecule has 1 rings (SSSR count). The zero-order valence-electron chi connectivity index (χ0n) is 11.1. The number of ether oxygens (including phenoxy) is 1. The number of nitrogens with two attached hydrogens (primary N) is 1. The molecule has 0 aliphatic heterocycles. The second kappa shape index (κ2) is 6.20. The quantitative estimate of drug-likeness (QED) is 0.855. The second-order valence-corrected chi connectivity index (χ2v) is 6.80. The molecular weight excluding hydrogens is 250 g/mol. The number of methoxy groups -OCH3 is 1. The van der Waals surface area contributed by atoms with Crippen molar-refractivity contribution < 1.29 is 13.2 Å². The molecule has 18 heavy (non-hydrogen) atoms. The van der Waals surface area contributed by atoms with Crippen LogP contribution in [0.5, 0.6) is 5.75 Å². The molecule has 0 bridgehead atoms. The fourth-order valence-corrected chi connectivity index (χ4v) is 3.02. The van der Waals surface area contributed by atoms with E-state index in [2.05, 4.69) is 13.8 Å². The number of hydrogen-bond acceptors (Lipinski definition) is 4. The van der Waals surface area contributed by atoms with Crippen LogP contribution in [0.2, 0.25) is 0 Å². The van der Waals surface area contributed by atoms with Crippen LogP contribution in [-0.2, 0) is 15.6 Å². The van der Waals surface area contributed by atoms with Crippen molar-refractivity contribution in [3.05, 3.63) is 29.3 Å². The first-order chi connectivity index (χ1) is 8.39. The van der Waals surface area contributed by atoms with Crippen molar-refractivity contribution in [3.63, 3.8) is 0 Å². The number of hydrogen-bond donors (Lipinski definition) is 1. The van der Waals surface area contributed by atoms with Gasteiger partial charge in [0.2, 0.25) is 0 Å². The zero-order valence-corrected chi connectivity index (χ0v) is 12.0. The summed E-state index contributed by atoms with van der Waals surface area (Å²) in [5.41, 5.74) is 7.10. The predicted molar refractivity (Wildman–Crippen MR) is 73.6 cm³/mol. The van der Waals surface area contributed by atoms with Gasteiger partial charge in [-0.1, -0.05) is 26.0 Å². The lowest BCUT2D eigenvalue weighted by Gasteiger charge is -2.13. The van der Waals surface area contributed by atoms with Gasteiger partial charge in [-0.2, -0.15) is 0 Å². The number of sulfone groups is 1. The van der Waals surface area contributed by atoms with E-state index < -0.39 is 9.84 Å². The monoisotopic (exact) mass is 271 g/mol. The highest BCUT2D eigenvalue weighted by molar-refractivity contribution is 7.90. The summed E-state index contributed by atoms with van der Waals surface area (Å²) in [6.45, 7) is 4.27. The van der Waals surface area contributed by atoms with Crippen molar-refractivity contribution >= 4 is 9.84 Å². The highest BCUT2D eigenvalue weighted by Crippen LogP contribution is 2.27.